The molecule has 0 fully saturated rings. The molecular formula is C36H41N5O2. The fourth-order valence-electron chi connectivity index (χ4n) is 6.91. The Kier molecular flexibility index (Phi) is 7.67. The van der Waals surface area contributed by atoms with Crippen molar-refractivity contribution in [2.24, 2.45) is 5.41 Å². The molecule has 3 aliphatic rings. The number of nitrogens with zero attached hydrogens (tertiary/aromatic N) is 2. The van der Waals surface area contributed by atoms with Gasteiger partial charge < -0.3 is 15.8 Å². The molecule has 43 heavy (non-hydrogen) atoms. The van der Waals surface area contributed by atoms with Gasteiger partial charge in [-0.05, 0) is 124 Å². The van der Waals surface area contributed by atoms with Gasteiger partial charge in [0.05, 0.1) is 17.4 Å². The number of nitrogens with one attached hydrogen (secondary N) is 2. The Labute approximate surface area is 254 Å². The van der Waals surface area contributed by atoms with E-state index in [0.29, 0.717) is 17.1 Å². The summed E-state index contributed by atoms with van der Waals surface area (Å²) in [7, 11) is 0. The summed E-state index contributed by atoms with van der Waals surface area (Å²) in [5.74, 6) is 0.385. The molecule has 0 bridgehead atoms. The maximum Gasteiger partial charge on any atom is 0.408 e. The molecule has 7 nitrogen and oxygen atoms in total. The van der Waals surface area contributed by atoms with Gasteiger partial charge in [0.2, 0.25) is 0 Å². The molecule has 1 amide bonds. The summed E-state index contributed by atoms with van der Waals surface area (Å²) >= 11 is 0. The molecule has 1 aromatic carbocycles. The van der Waals surface area contributed by atoms with E-state index < -0.39 is 5.60 Å². The van der Waals surface area contributed by atoms with Crippen molar-refractivity contribution in [1.29, 1.82) is 5.41 Å². The van der Waals surface area contributed by atoms with Crippen LogP contribution in [-0.4, -0.2) is 27.4 Å². The predicted molar refractivity (Wildman–Crippen MR) is 172 cm³/mol. The fraction of sp³-hybridized carbons (Fsp3) is 0.389. The minimum Gasteiger partial charge on any atom is -0.444 e. The normalized spacial score (nSPS) is 22.7. The van der Waals surface area contributed by atoms with Gasteiger partial charge in [-0.1, -0.05) is 36.4 Å². The van der Waals surface area contributed by atoms with Crippen LogP contribution in [0.5, 0.6) is 0 Å². The number of hydrogen-bond acceptors (Lipinski definition) is 6. The molecule has 4 N–H and O–H groups in total. The highest BCUT2D eigenvalue weighted by Gasteiger charge is 2.47. The first-order valence-electron chi connectivity index (χ1n) is 15.4. The van der Waals surface area contributed by atoms with E-state index in [4.69, 9.17) is 20.9 Å². The molecule has 2 atom stereocenters. The lowest BCUT2D eigenvalue weighted by Gasteiger charge is -2.39. The molecule has 0 saturated heterocycles. The Morgan fingerprint density at radius 3 is 2.65 bits per heavy atom. The molecule has 0 radical (unpaired) electrons. The molecule has 0 aliphatic heterocycles. The van der Waals surface area contributed by atoms with E-state index in [9.17, 15) is 4.79 Å². The fourth-order valence-corrected chi connectivity index (χ4v) is 6.91. The van der Waals surface area contributed by atoms with E-state index in [1.807, 2.05) is 51.2 Å². The number of nitrogens with two attached hydrogens (primary N) is 1. The van der Waals surface area contributed by atoms with E-state index >= 15 is 0 Å². The van der Waals surface area contributed by atoms with Gasteiger partial charge in [0.25, 0.3) is 0 Å². The van der Waals surface area contributed by atoms with Gasteiger partial charge in [-0.15, -0.1) is 0 Å². The third-order valence-corrected chi connectivity index (χ3v) is 9.04. The standard InChI is InChI=1S/C36H41N5O2/c1-35(2,3)43-34(42)41-32-27-12-6-4-10-26(27)22-36(32)18-16-23(17-19-36)30-15-14-28(33(38)40-30)31(37)25-9-5-7-13-29-24(21-25)11-8-20-39-29/h4,6,8,10-12,14-16,20-21,32,37H,5,7,9,13,17-19,22H2,1-3H3,(H2,38,40)(H,41,42)/b25-21-,37-31?/t32-,36+/m1/s1. The number of alkyl carbamates (subject to hydrolysis) is 1. The molecule has 0 unspecified atom stereocenters. The molecule has 3 aliphatic carbocycles. The number of fused-ring (bicyclic) bond motifs is 2. The minimum absolute atomic E-state index is 0.116. The van der Waals surface area contributed by atoms with Crippen LogP contribution in [0.15, 0.2) is 66.4 Å². The van der Waals surface area contributed by atoms with Crippen molar-refractivity contribution >= 4 is 29.3 Å². The van der Waals surface area contributed by atoms with E-state index in [2.05, 4.69) is 46.7 Å². The third kappa shape index (κ3) is 5.99. The van der Waals surface area contributed by atoms with Crippen molar-refractivity contribution < 1.29 is 9.53 Å². The number of hydrogen-bond donors (Lipinski definition) is 3. The zero-order valence-electron chi connectivity index (χ0n) is 25.4. The van der Waals surface area contributed by atoms with E-state index in [0.717, 1.165) is 79.5 Å². The summed E-state index contributed by atoms with van der Waals surface area (Å²) < 4.78 is 5.64. The number of carbonyl (C=O) groups is 1. The van der Waals surface area contributed by atoms with Gasteiger partial charge in [0.15, 0.2) is 0 Å². The average Bonchev–Trinajstić information content (AvgIpc) is 3.24. The summed E-state index contributed by atoms with van der Waals surface area (Å²) in [5, 5.41) is 12.2. The number of nitrogen functional groups attached to an aromatic ring is 1. The van der Waals surface area contributed by atoms with Gasteiger partial charge in [0.1, 0.15) is 11.4 Å². The number of allylic oxidation sites excluding steroid dienone is 3. The lowest BCUT2D eigenvalue weighted by Crippen LogP contribution is -2.42. The van der Waals surface area contributed by atoms with E-state index in [1.54, 1.807) is 0 Å². The molecular weight excluding hydrogens is 534 g/mol. The summed E-state index contributed by atoms with van der Waals surface area (Å²) in [6, 6.07) is 16.3. The number of carbonyl (C=O) groups excluding carboxylic acids is 1. The molecule has 2 aromatic heterocycles. The van der Waals surface area contributed by atoms with Crippen LogP contribution in [0, 0.1) is 10.8 Å². The topological polar surface area (TPSA) is 114 Å². The molecule has 6 rings (SSSR count). The van der Waals surface area contributed by atoms with Crippen LogP contribution in [0.4, 0.5) is 10.6 Å². The summed E-state index contributed by atoms with van der Waals surface area (Å²) in [6.45, 7) is 5.66. The van der Waals surface area contributed by atoms with Crippen LogP contribution in [-0.2, 0) is 17.6 Å². The summed E-state index contributed by atoms with van der Waals surface area (Å²) in [5.41, 5.74) is 14.6. The van der Waals surface area contributed by atoms with Crippen molar-refractivity contribution in [2.45, 2.75) is 83.8 Å². The number of ether oxygens (including phenoxy) is 1. The van der Waals surface area contributed by atoms with Crippen LogP contribution in [0.3, 0.4) is 0 Å². The summed E-state index contributed by atoms with van der Waals surface area (Å²) in [6.07, 6.45) is 13.2. The molecule has 1 spiro atoms. The van der Waals surface area contributed by atoms with Crippen LogP contribution in [0.2, 0.25) is 0 Å². The summed E-state index contributed by atoms with van der Waals surface area (Å²) in [4.78, 5) is 22.2. The highest BCUT2D eigenvalue weighted by Crippen LogP contribution is 2.54. The van der Waals surface area contributed by atoms with Gasteiger partial charge >= 0.3 is 6.09 Å². The Bertz CT molecular complexity index is 1630. The number of aromatic nitrogens is 2. The minimum atomic E-state index is -0.559. The smallest absolute Gasteiger partial charge is 0.408 e. The Balaban J connectivity index is 1.22. The number of aryl methyl sites for hydroxylation is 1. The molecule has 3 aromatic rings. The van der Waals surface area contributed by atoms with E-state index in [1.165, 1.54) is 11.1 Å². The van der Waals surface area contributed by atoms with Crippen molar-refractivity contribution in [3.63, 3.8) is 0 Å². The predicted octanol–water partition coefficient (Wildman–Crippen LogP) is 7.61. The average molecular weight is 576 g/mol. The third-order valence-electron chi connectivity index (χ3n) is 9.04. The quantitative estimate of drug-likeness (QED) is 0.277. The number of rotatable bonds is 4. The molecule has 0 saturated carbocycles. The molecule has 2 heterocycles. The van der Waals surface area contributed by atoms with E-state index in [-0.39, 0.29) is 17.6 Å². The highest BCUT2D eigenvalue weighted by molar-refractivity contribution is 6.15. The molecule has 222 valence electrons. The van der Waals surface area contributed by atoms with Crippen molar-refractivity contribution in [1.82, 2.24) is 15.3 Å². The maximum absolute atomic E-state index is 12.9. The van der Waals surface area contributed by atoms with Gasteiger partial charge in [-0.3, -0.25) is 10.4 Å². The first-order chi connectivity index (χ1) is 20.6. The van der Waals surface area contributed by atoms with Crippen LogP contribution in [0.1, 0.15) is 99.0 Å². The second-order valence-electron chi connectivity index (χ2n) is 13.2. The van der Waals surface area contributed by atoms with Crippen molar-refractivity contribution in [3.05, 3.63) is 100 Å². The second kappa shape index (κ2) is 11.4. The number of pyridine rings is 2. The Morgan fingerprint density at radius 1 is 1.07 bits per heavy atom. The number of amides is 1. The van der Waals surface area contributed by atoms with Gasteiger partial charge in [0, 0.05) is 22.9 Å². The van der Waals surface area contributed by atoms with Crippen molar-refractivity contribution in [2.75, 3.05) is 5.73 Å². The first-order valence-corrected chi connectivity index (χ1v) is 15.4. The van der Waals surface area contributed by atoms with Crippen molar-refractivity contribution in [3.8, 4) is 0 Å². The van der Waals surface area contributed by atoms with Gasteiger partial charge in [-0.2, -0.15) is 0 Å². The second-order valence-corrected chi connectivity index (χ2v) is 13.2. The SMILES string of the molecule is CC(C)(C)OC(=O)N[C@@H]1c2ccccc2C[C@@]12CC=C(c1ccc(C(=N)/C3=C\c4cccnc4CCCC3)c(N)n1)CC2. The Hall–Kier alpha value is -4.26. The number of anilines is 1. The zero-order valence-corrected chi connectivity index (χ0v) is 25.4. The van der Waals surface area contributed by atoms with Crippen LogP contribution in [0.25, 0.3) is 11.6 Å². The first kappa shape index (κ1) is 28.8. The highest BCUT2D eigenvalue weighted by atomic mass is 16.6. The lowest BCUT2D eigenvalue weighted by atomic mass is 9.69. The van der Waals surface area contributed by atoms with Gasteiger partial charge in [-0.25, -0.2) is 9.78 Å². The number of benzene rings is 1. The maximum atomic E-state index is 12.9. The van der Waals surface area contributed by atoms with Crippen LogP contribution < -0.4 is 11.1 Å². The lowest BCUT2D eigenvalue weighted by molar-refractivity contribution is 0.0442. The zero-order chi connectivity index (χ0) is 30.2. The Morgan fingerprint density at radius 2 is 1.88 bits per heavy atom. The largest absolute Gasteiger partial charge is 0.444 e. The monoisotopic (exact) mass is 575 g/mol. The molecule has 7 heteroatoms. The van der Waals surface area contributed by atoms with Crippen LogP contribution >= 0.6 is 0 Å².